The first-order chi connectivity index (χ1) is 12.0. The number of benzene rings is 2. The molecule has 1 aliphatic heterocycles. The third kappa shape index (κ3) is 4.08. The van der Waals surface area contributed by atoms with Crippen LogP contribution in [0.5, 0.6) is 0 Å². The van der Waals surface area contributed by atoms with Crippen molar-refractivity contribution in [3.05, 3.63) is 65.7 Å². The van der Waals surface area contributed by atoms with E-state index in [0.717, 1.165) is 12.0 Å². The van der Waals surface area contributed by atoms with Gasteiger partial charge in [0.15, 0.2) is 9.84 Å². The minimum atomic E-state index is -3.50. The molecule has 2 aromatic rings. The Morgan fingerprint density at radius 2 is 1.88 bits per heavy atom. The van der Waals surface area contributed by atoms with Gasteiger partial charge in [0.2, 0.25) is 0 Å². The van der Waals surface area contributed by atoms with Crippen LogP contribution in [-0.2, 0) is 15.6 Å². The van der Waals surface area contributed by atoms with Crippen LogP contribution >= 0.6 is 0 Å². The Morgan fingerprint density at radius 3 is 2.56 bits per heavy atom. The molecule has 1 unspecified atom stereocenters. The fourth-order valence-electron chi connectivity index (χ4n) is 3.09. The third-order valence-electron chi connectivity index (χ3n) is 4.55. The first-order valence-corrected chi connectivity index (χ1v) is 10.0. The number of likely N-dealkylation sites (tertiary alicyclic amines) is 1. The molecule has 1 atom stereocenters. The van der Waals surface area contributed by atoms with Crippen LogP contribution in [0.3, 0.4) is 0 Å². The Bertz CT molecular complexity index is 850. The van der Waals surface area contributed by atoms with Crippen molar-refractivity contribution in [1.82, 2.24) is 4.90 Å². The van der Waals surface area contributed by atoms with Crippen LogP contribution in [0.1, 0.15) is 22.3 Å². The van der Waals surface area contributed by atoms with Gasteiger partial charge in [0.25, 0.3) is 5.91 Å². The fourth-order valence-corrected chi connectivity index (χ4v) is 4.48. The van der Waals surface area contributed by atoms with Crippen LogP contribution in [-0.4, -0.2) is 38.9 Å². The molecule has 1 heterocycles. The van der Waals surface area contributed by atoms with Crippen LogP contribution in [0.4, 0.5) is 0 Å². The van der Waals surface area contributed by atoms with E-state index in [9.17, 15) is 13.2 Å². The van der Waals surface area contributed by atoms with Gasteiger partial charge in [0.1, 0.15) is 0 Å². The Hall–Kier alpha value is -2.18. The largest absolute Gasteiger partial charge is 0.338 e. The molecule has 0 aliphatic carbocycles. The van der Waals surface area contributed by atoms with Gasteiger partial charge in [0.05, 0.1) is 10.6 Å². The molecule has 0 saturated carbocycles. The average Bonchev–Trinajstić information content (AvgIpc) is 3.11. The van der Waals surface area contributed by atoms with E-state index >= 15 is 0 Å². The summed E-state index contributed by atoms with van der Waals surface area (Å²) in [6, 6.07) is 15.4. The summed E-state index contributed by atoms with van der Waals surface area (Å²) >= 11 is 0. The molecule has 1 saturated heterocycles. The van der Waals surface area contributed by atoms with Gasteiger partial charge in [-0.1, -0.05) is 36.4 Å². The standard InChI is InChI=1S/C19H22N2O3S/c20-12-16-9-10-21(13-16)19(22)17-7-4-8-18(11-17)25(23,24)14-15-5-2-1-3-6-15/h1-8,11,16H,9-10,12-14,20H2. The Kier molecular flexibility index (Phi) is 5.20. The molecule has 0 radical (unpaired) electrons. The molecule has 1 fully saturated rings. The molecule has 5 nitrogen and oxygen atoms in total. The summed E-state index contributed by atoms with van der Waals surface area (Å²) in [4.78, 5) is 14.6. The summed E-state index contributed by atoms with van der Waals surface area (Å²) < 4.78 is 25.3. The Morgan fingerprint density at radius 1 is 1.12 bits per heavy atom. The Balaban J connectivity index is 1.80. The van der Waals surface area contributed by atoms with E-state index in [0.29, 0.717) is 31.1 Å². The number of nitrogens with zero attached hydrogens (tertiary/aromatic N) is 1. The van der Waals surface area contributed by atoms with Crippen LogP contribution < -0.4 is 5.73 Å². The molecule has 1 aliphatic rings. The predicted octanol–water partition coefficient (Wildman–Crippen LogP) is 2.08. The summed E-state index contributed by atoms with van der Waals surface area (Å²) in [5.41, 5.74) is 6.81. The summed E-state index contributed by atoms with van der Waals surface area (Å²) in [6.45, 7) is 1.87. The van der Waals surface area contributed by atoms with Crippen molar-refractivity contribution in [2.75, 3.05) is 19.6 Å². The van der Waals surface area contributed by atoms with E-state index < -0.39 is 9.84 Å². The van der Waals surface area contributed by atoms with Gasteiger partial charge in [0, 0.05) is 18.7 Å². The van der Waals surface area contributed by atoms with Crippen LogP contribution in [0.25, 0.3) is 0 Å². The SMILES string of the molecule is NCC1CCN(C(=O)c2cccc(S(=O)(=O)Cc3ccccc3)c2)C1. The number of nitrogens with two attached hydrogens (primary N) is 1. The second-order valence-corrected chi connectivity index (χ2v) is 8.40. The van der Waals surface area contributed by atoms with Crippen molar-refractivity contribution in [3.8, 4) is 0 Å². The second-order valence-electron chi connectivity index (χ2n) is 6.41. The zero-order valence-corrected chi connectivity index (χ0v) is 14.8. The number of carbonyl (C=O) groups is 1. The third-order valence-corrected chi connectivity index (χ3v) is 6.23. The highest BCUT2D eigenvalue weighted by atomic mass is 32.2. The normalized spacial score (nSPS) is 17.6. The zero-order chi connectivity index (χ0) is 17.9. The van der Waals surface area contributed by atoms with Gasteiger partial charge < -0.3 is 10.6 Å². The molecule has 0 spiro atoms. The fraction of sp³-hybridized carbons (Fsp3) is 0.316. The van der Waals surface area contributed by atoms with Gasteiger partial charge in [-0.25, -0.2) is 8.42 Å². The highest BCUT2D eigenvalue weighted by molar-refractivity contribution is 7.90. The summed E-state index contributed by atoms with van der Waals surface area (Å²) in [6.07, 6.45) is 0.897. The van der Waals surface area contributed by atoms with Crippen molar-refractivity contribution in [3.63, 3.8) is 0 Å². The van der Waals surface area contributed by atoms with Gasteiger partial charge in [-0.3, -0.25) is 4.79 Å². The molecule has 132 valence electrons. The minimum absolute atomic E-state index is 0.0789. The predicted molar refractivity (Wildman–Crippen MR) is 96.8 cm³/mol. The molecule has 6 heteroatoms. The summed E-state index contributed by atoms with van der Waals surface area (Å²) in [5, 5.41) is 0. The van der Waals surface area contributed by atoms with E-state index in [4.69, 9.17) is 5.73 Å². The number of rotatable bonds is 5. The van der Waals surface area contributed by atoms with Crippen molar-refractivity contribution >= 4 is 15.7 Å². The van der Waals surface area contributed by atoms with Crippen LogP contribution in [0.2, 0.25) is 0 Å². The van der Waals surface area contributed by atoms with Gasteiger partial charge in [-0.2, -0.15) is 0 Å². The highest BCUT2D eigenvalue weighted by Crippen LogP contribution is 2.21. The molecule has 3 rings (SSSR count). The molecular formula is C19H22N2O3S. The maximum absolute atomic E-state index is 12.7. The topological polar surface area (TPSA) is 80.5 Å². The molecular weight excluding hydrogens is 336 g/mol. The van der Waals surface area contributed by atoms with E-state index in [1.165, 1.54) is 6.07 Å². The number of amides is 1. The van der Waals surface area contributed by atoms with E-state index in [1.54, 1.807) is 35.2 Å². The van der Waals surface area contributed by atoms with Crippen molar-refractivity contribution in [2.24, 2.45) is 11.7 Å². The quantitative estimate of drug-likeness (QED) is 0.887. The molecule has 1 amide bonds. The number of sulfone groups is 1. The summed E-state index contributed by atoms with van der Waals surface area (Å²) in [7, 11) is -3.50. The first-order valence-electron chi connectivity index (χ1n) is 8.35. The monoisotopic (exact) mass is 358 g/mol. The van der Waals surface area contributed by atoms with Gasteiger partial charge >= 0.3 is 0 Å². The number of hydrogen-bond acceptors (Lipinski definition) is 4. The molecule has 25 heavy (non-hydrogen) atoms. The maximum Gasteiger partial charge on any atom is 0.253 e. The molecule has 0 aromatic heterocycles. The summed E-state index contributed by atoms with van der Waals surface area (Å²) in [5.74, 6) is 0.117. The maximum atomic E-state index is 12.7. The smallest absolute Gasteiger partial charge is 0.253 e. The average molecular weight is 358 g/mol. The lowest BCUT2D eigenvalue weighted by molar-refractivity contribution is 0.0787. The van der Waals surface area contributed by atoms with Crippen molar-refractivity contribution in [1.29, 1.82) is 0 Å². The molecule has 2 aromatic carbocycles. The molecule has 0 bridgehead atoms. The Labute approximate surface area is 148 Å². The first kappa shape index (κ1) is 17.6. The van der Waals surface area contributed by atoms with E-state index in [2.05, 4.69) is 0 Å². The van der Waals surface area contributed by atoms with Crippen molar-refractivity contribution in [2.45, 2.75) is 17.1 Å². The minimum Gasteiger partial charge on any atom is -0.338 e. The zero-order valence-electron chi connectivity index (χ0n) is 14.0. The van der Waals surface area contributed by atoms with Gasteiger partial charge in [-0.05, 0) is 42.6 Å². The van der Waals surface area contributed by atoms with Crippen LogP contribution in [0, 0.1) is 5.92 Å². The lowest BCUT2D eigenvalue weighted by Gasteiger charge is -2.17. The van der Waals surface area contributed by atoms with E-state index in [1.807, 2.05) is 18.2 Å². The second kappa shape index (κ2) is 7.37. The van der Waals surface area contributed by atoms with Gasteiger partial charge in [-0.15, -0.1) is 0 Å². The van der Waals surface area contributed by atoms with Crippen LogP contribution in [0.15, 0.2) is 59.5 Å². The number of hydrogen-bond donors (Lipinski definition) is 1. The van der Waals surface area contributed by atoms with E-state index in [-0.39, 0.29) is 16.6 Å². The number of carbonyl (C=O) groups excluding carboxylic acids is 1. The lowest BCUT2D eigenvalue weighted by atomic mass is 10.1. The lowest BCUT2D eigenvalue weighted by Crippen LogP contribution is -2.30. The molecule has 2 N–H and O–H groups in total. The highest BCUT2D eigenvalue weighted by Gasteiger charge is 2.26. The van der Waals surface area contributed by atoms with Crippen molar-refractivity contribution < 1.29 is 13.2 Å².